The van der Waals surface area contributed by atoms with Crippen molar-refractivity contribution in [2.75, 3.05) is 19.8 Å². The lowest BCUT2D eigenvalue weighted by molar-refractivity contribution is 0.0537. The predicted octanol–water partition coefficient (Wildman–Crippen LogP) is 4.75. The van der Waals surface area contributed by atoms with Crippen LogP contribution in [0.5, 0.6) is 5.88 Å². The molecule has 0 radical (unpaired) electrons. The second kappa shape index (κ2) is 9.89. The molecule has 0 saturated heterocycles. The van der Waals surface area contributed by atoms with Gasteiger partial charge in [0.15, 0.2) is 0 Å². The minimum absolute atomic E-state index is 0.0728. The first kappa shape index (κ1) is 22.6. The summed E-state index contributed by atoms with van der Waals surface area (Å²) in [6.07, 6.45) is 0.895. The molecule has 170 valence electrons. The molecular formula is C22H24ClN3O5S. The van der Waals surface area contributed by atoms with Crippen molar-refractivity contribution in [2.24, 2.45) is 0 Å². The molecule has 0 N–H and O–H groups in total. The van der Waals surface area contributed by atoms with Crippen molar-refractivity contribution >= 4 is 29.1 Å². The number of carbonyl (C=O) groups excluding carboxylic acids is 1. The zero-order valence-corrected chi connectivity index (χ0v) is 19.5. The Morgan fingerprint density at radius 3 is 2.59 bits per heavy atom. The number of benzene rings is 1. The third-order valence-corrected chi connectivity index (χ3v) is 6.41. The SMILES string of the molecule is CCOCCOC(=O)Oc1c(-c2nc(-c3ccc(Cl)cc3)sc2C)c(=O)n2n1CCCC2. The number of halogens is 1. The van der Waals surface area contributed by atoms with Crippen LogP contribution in [0.25, 0.3) is 21.8 Å². The van der Waals surface area contributed by atoms with Gasteiger partial charge in [0.2, 0.25) is 5.88 Å². The fraction of sp³-hybridized carbons (Fsp3) is 0.409. The molecule has 1 aliphatic rings. The van der Waals surface area contributed by atoms with Crippen molar-refractivity contribution in [2.45, 2.75) is 39.8 Å². The van der Waals surface area contributed by atoms with Gasteiger partial charge in [0.1, 0.15) is 17.2 Å². The average molecular weight is 478 g/mol. The van der Waals surface area contributed by atoms with E-state index in [0.717, 1.165) is 28.3 Å². The van der Waals surface area contributed by atoms with Crippen LogP contribution < -0.4 is 10.3 Å². The maximum absolute atomic E-state index is 13.3. The van der Waals surface area contributed by atoms with Gasteiger partial charge >= 0.3 is 6.16 Å². The van der Waals surface area contributed by atoms with Gasteiger partial charge in [0.05, 0.1) is 12.3 Å². The summed E-state index contributed by atoms with van der Waals surface area (Å²) >= 11 is 7.47. The van der Waals surface area contributed by atoms with Crippen molar-refractivity contribution in [3.63, 3.8) is 0 Å². The Morgan fingerprint density at radius 1 is 1.16 bits per heavy atom. The molecule has 3 aromatic rings. The van der Waals surface area contributed by atoms with E-state index in [1.165, 1.54) is 11.3 Å². The van der Waals surface area contributed by atoms with Gasteiger partial charge in [-0.1, -0.05) is 23.7 Å². The molecule has 2 aromatic heterocycles. The van der Waals surface area contributed by atoms with Crippen LogP contribution in [0.15, 0.2) is 29.1 Å². The number of aromatic nitrogens is 3. The maximum Gasteiger partial charge on any atom is 0.515 e. The van der Waals surface area contributed by atoms with Crippen LogP contribution in [0.4, 0.5) is 4.79 Å². The first-order valence-corrected chi connectivity index (χ1v) is 11.7. The van der Waals surface area contributed by atoms with Gasteiger partial charge < -0.3 is 14.2 Å². The van der Waals surface area contributed by atoms with Gasteiger partial charge in [-0.05, 0) is 38.8 Å². The molecule has 0 atom stereocenters. The summed E-state index contributed by atoms with van der Waals surface area (Å²) in [5, 5.41) is 1.40. The quantitative estimate of drug-likeness (QED) is 0.360. The fourth-order valence-electron chi connectivity index (χ4n) is 3.62. The van der Waals surface area contributed by atoms with Crippen LogP contribution in [0.1, 0.15) is 24.6 Å². The molecule has 32 heavy (non-hydrogen) atoms. The van der Waals surface area contributed by atoms with Crippen LogP contribution in [0, 0.1) is 6.92 Å². The van der Waals surface area contributed by atoms with E-state index >= 15 is 0 Å². The molecule has 0 amide bonds. The highest BCUT2D eigenvalue weighted by atomic mass is 35.5. The normalized spacial score (nSPS) is 13.1. The van der Waals surface area contributed by atoms with E-state index < -0.39 is 6.16 Å². The summed E-state index contributed by atoms with van der Waals surface area (Å²) in [6.45, 7) is 5.78. The van der Waals surface area contributed by atoms with Gasteiger partial charge in [0, 0.05) is 35.2 Å². The Morgan fingerprint density at radius 2 is 1.88 bits per heavy atom. The summed E-state index contributed by atoms with van der Waals surface area (Å²) in [6, 6.07) is 7.36. The number of hydrogen-bond donors (Lipinski definition) is 0. The van der Waals surface area contributed by atoms with Crippen LogP contribution >= 0.6 is 22.9 Å². The first-order chi connectivity index (χ1) is 15.5. The smallest absolute Gasteiger partial charge is 0.431 e. The molecular weight excluding hydrogens is 454 g/mol. The van der Waals surface area contributed by atoms with Gasteiger partial charge in [-0.25, -0.2) is 14.5 Å². The van der Waals surface area contributed by atoms with Crippen LogP contribution in [-0.2, 0) is 22.6 Å². The number of carbonyl (C=O) groups is 1. The third kappa shape index (κ3) is 4.60. The molecule has 8 nitrogen and oxygen atoms in total. The molecule has 0 spiro atoms. The summed E-state index contributed by atoms with van der Waals surface area (Å²) in [7, 11) is 0. The van der Waals surface area contributed by atoms with E-state index in [1.807, 2.05) is 26.0 Å². The minimum Gasteiger partial charge on any atom is -0.431 e. The molecule has 0 aliphatic carbocycles. The van der Waals surface area contributed by atoms with Gasteiger partial charge in [0.25, 0.3) is 5.56 Å². The molecule has 0 unspecified atom stereocenters. The van der Waals surface area contributed by atoms with Gasteiger partial charge in [-0.15, -0.1) is 11.3 Å². The fourth-order valence-corrected chi connectivity index (χ4v) is 4.68. The number of nitrogens with zero attached hydrogens (tertiary/aromatic N) is 3. The topological polar surface area (TPSA) is 84.6 Å². The highest BCUT2D eigenvalue weighted by Gasteiger charge is 2.29. The lowest BCUT2D eigenvalue weighted by Crippen LogP contribution is -2.27. The van der Waals surface area contributed by atoms with E-state index in [0.29, 0.717) is 30.4 Å². The van der Waals surface area contributed by atoms with Gasteiger partial charge in [-0.2, -0.15) is 0 Å². The molecule has 1 aliphatic heterocycles. The van der Waals surface area contributed by atoms with Crippen LogP contribution in [0.2, 0.25) is 5.02 Å². The van der Waals surface area contributed by atoms with Crippen molar-refractivity contribution in [1.82, 2.24) is 14.3 Å². The molecule has 0 saturated carbocycles. The number of thiazole rings is 1. The molecule has 0 bridgehead atoms. The predicted molar refractivity (Wildman–Crippen MR) is 123 cm³/mol. The lowest BCUT2D eigenvalue weighted by Gasteiger charge is -2.18. The van der Waals surface area contributed by atoms with Crippen molar-refractivity contribution in [3.8, 4) is 27.7 Å². The number of rotatable bonds is 7. The number of fused-ring (bicyclic) bond motifs is 1. The largest absolute Gasteiger partial charge is 0.515 e. The highest BCUT2D eigenvalue weighted by molar-refractivity contribution is 7.15. The summed E-state index contributed by atoms with van der Waals surface area (Å²) < 4.78 is 19.2. The standard InChI is InChI=1S/C22H24ClN3O5S/c1-3-29-12-13-30-22(28)31-21-17(20(27)25-10-4-5-11-26(21)25)18-14(2)32-19(24-18)15-6-8-16(23)9-7-15/h6-9H,3-5,10-13H2,1-2H3. The van der Waals surface area contributed by atoms with E-state index in [-0.39, 0.29) is 30.2 Å². The monoisotopic (exact) mass is 477 g/mol. The van der Waals surface area contributed by atoms with E-state index in [1.54, 1.807) is 21.5 Å². The van der Waals surface area contributed by atoms with E-state index in [4.69, 9.17) is 30.8 Å². The average Bonchev–Trinajstić information content (AvgIpc) is 3.29. The van der Waals surface area contributed by atoms with E-state index in [2.05, 4.69) is 0 Å². The Bertz CT molecular complexity index is 1170. The number of aryl methyl sites for hydroxylation is 1. The summed E-state index contributed by atoms with van der Waals surface area (Å²) in [5.74, 6) is 0.173. The second-order valence-electron chi connectivity index (χ2n) is 7.27. The zero-order valence-electron chi connectivity index (χ0n) is 17.9. The molecule has 4 rings (SSSR count). The number of hydrogen-bond acceptors (Lipinski definition) is 7. The Kier molecular flexibility index (Phi) is 6.98. The summed E-state index contributed by atoms with van der Waals surface area (Å²) in [4.78, 5) is 31.2. The first-order valence-electron chi connectivity index (χ1n) is 10.5. The van der Waals surface area contributed by atoms with Crippen LogP contribution in [-0.4, -0.2) is 40.3 Å². The lowest BCUT2D eigenvalue weighted by atomic mass is 10.2. The Hall–Kier alpha value is -2.62. The Balaban J connectivity index is 1.71. The molecule has 0 fully saturated rings. The highest BCUT2D eigenvalue weighted by Crippen LogP contribution is 2.37. The third-order valence-electron chi connectivity index (χ3n) is 5.13. The van der Waals surface area contributed by atoms with E-state index in [9.17, 15) is 9.59 Å². The second-order valence-corrected chi connectivity index (χ2v) is 8.91. The minimum atomic E-state index is -0.872. The zero-order chi connectivity index (χ0) is 22.7. The number of ether oxygens (including phenoxy) is 3. The van der Waals surface area contributed by atoms with Gasteiger partial charge in [-0.3, -0.25) is 9.48 Å². The maximum atomic E-state index is 13.3. The Labute approximate surface area is 194 Å². The summed E-state index contributed by atoms with van der Waals surface area (Å²) in [5.41, 5.74) is 1.47. The van der Waals surface area contributed by atoms with Crippen LogP contribution in [0.3, 0.4) is 0 Å². The molecule has 10 heteroatoms. The van der Waals surface area contributed by atoms with Crippen molar-refractivity contribution in [1.29, 1.82) is 0 Å². The molecule has 3 heterocycles. The van der Waals surface area contributed by atoms with Crippen molar-refractivity contribution < 1.29 is 19.0 Å². The molecule has 1 aromatic carbocycles. The van der Waals surface area contributed by atoms with Crippen molar-refractivity contribution in [3.05, 3.63) is 44.5 Å².